The molecule has 0 aliphatic carbocycles. The predicted molar refractivity (Wildman–Crippen MR) is 57.3 cm³/mol. The van der Waals surface area contributed by atoms with Gasteiger partial charge in [0.2, 0.25) is 0 Å². The number of aliphatic imine (C=N–C) groups is 1. The molecular formula is C10H9Cl2N. The third-order valence-corrected chi connectivity index (χ3v) is 2.62. The highest BCUT2D eigenvalue weighted by molar-refractivity contribution is 6.65. The molecule has 0 aromatic heterocycles. The average molecular weight is 214 g/mol. The summed E-state index contributed by atoms with van der Waals surface area (Å²) in [7, 11) is 0. The minimum atomic E-state index is 0.695. The van der Waals surface area contributed by atoms with Gasteiger partial charge in [0.05, 0.1) is 5.69 Å². The topological polar surface area (TPSA) is 12.4 Å². The fourth-order valence-electron chi connectivity index (χ4n) is 1.47. The van der Waals surface area contributed by atoms with Gasteiger partial charge in [-0.05, 0) is 36.6 Å². The van der Waals surface area contributed by atoms with E-state index in [0.717, 1.165) is 30.0 Å². The molecule has 3 heteroatoms. The lowest BCUT2D eigenvalue weighted by Crippen LogP contribution is -1.85. The van der Waals surface area contributed by atoms with E-state index in [9.17, 15) is 0 Å². The number of aryl methyl sites for hydroxylation is 1. The van der Waals surface area contributed by atoms with Crippen LogP contribution in [0, 0.1) is 0 Å². The Labute approximate surface area is 87.4 Å². The second kappa shape index (κ2) is 3.69. The maximum atomic E-state index is 5.91. The van der Waals surface area contributed by atoms with Gasteiger partial charge in [-0.15, -0.1) is 0 Å². The van der Waals surface area contributed by atoms with Crippen molar-refractivity contribution < 1.29 is 0 Å². The first kappa shape index (κ1) is 9.04. The molecule has 0 bridgehead atoms. The number of nitrogens with zero attached hydrogens (tertiary/aromatic N) is 1. The lowest BCUT2D eigenvalue weighted by atomic mass is 10.1. The number of rotatable bonds is 0. The van der Waals surface area contributed by atoms with Crippen molar-refractivity contribution in [1.29, 1.82) is 0 Å². The Morgan fingerprint density at radius 2 is 2.00 bits per heavy atom. The minimum Gasteiger partial charge on any atom is -0.241 e. The molecule has 0 atom stereocenters. The summed E-state index contributed by atoms with van der Waals surface area (Å²) in [5.74, 6) is 0. The van der Waals surface area contributed by atoms with Gasteiger partial charge < -0.3 is 0 Å². The Kier molecular flexibility index (Phi) is 2.56. The van der Waals surface area contributed by atoms with Crippen molar-refractivity contribution in [3.8, 4) is 0 Å². The minimum absolute atomic E-state index is 0.695. The second-order valence-corrected chi connectivity index (χ2v) is 3.99. The second-order valence-electron chi connectivity index (χ2n) is 3.11. The van der Waals surface area contributed by atoms with Gasteiger partial charge >= 0.3 is 0 Å². The molecular weight excluding hydrogens is 205 g/mol. The molecule has 0 fully saturated rings. The summed E-state index contributed by atoms with van der Waals surface area (Å²) in [6, 6.07) is 5.74. The molecule has 0 N–H and O–H groups in total. The van der Waals surface area contributed by atoms with E-state index in [-0.39, 0.29) is 0 Å². The van der Waals surface area contributed by atoms with Gasteiger partial charge in [0.1, 0.15) is 5.17 Å². The van der Waals surface area contributed by atoms with Crippen molar-refractivity contribution in [2.24, 2.45) is 4.99 Å². The van der Waals surface area contributed by atoms with Gasteiger partial charge in [-0.2, -0.15) is 0 Å². The summed E-state index contributed by atoms with van der Waals surface area (Å²) in [6.07, 6.45) is 2.93. The molecule has 0 amide bonds. The van der Waals surface area contributed by atoms with Crippen LogP contribution in [0.5, 0.6) is 0 Å². The monoisotopic (exact) mass is 213 g/mol. The number of hydrogen-bond donors (Lipinski definition) is 0. The van der Waals surface area contributed by atoms with Crippen molar-refractivity contribution in [1.82, 2.24) is 0 Å². The summed E-state index contributed by atoms with van der Waals surface area (Å²) in [6.45, 7) is 0. The van der Waals surface area contributed by atoms with Gasteiger partial charge in [-0.25, -0.2) is 4.99 Å². The first-order chi connectivity index (χ1) is 6.25. The van der Waals surface area contributed by atoms with Crippen molar-refractivity contribution in [2.45, 2.75) is 19.3 Å². The largest absolute Gasteiger partial charge is 0.241 e. The van der Waals surface area contributed by atoms with Gasteiger partial charge in [-0.1, -0.05) is 23.2 Å². The third-order valence-electron chi connectivity index (χ3n) is 2.11. The highest BCUT2D eigenvalue weighted by atomic mass is 35.5. The highest BCUT2D eigenvalue weighted by Gasteiger charge is 2.08. The summed E-state index contributed by atoms with van der Waals surface area (Å²) in [4.78, 5) is 4.30. The standard InChI is InChI=1S/C10H9Cl2N/c11-8-4-5-9-7(6-8)2-1-3-10(12)13-9/h4-6H,1-3H2. The SMILES string of the molecule is ClC1=Nc2ccc(Cl)cc2CCC1. The zero-order chi connectivity index (χ0) is 9.26. The maximum absolute atomic E-state index is 5.91. The molecule has 0 saturated carbocycles. The molecule has 0 unspecified atom stereocenters. The van der Waals surface area contributed by atoms with E-state index >= 15 is 0 Å². The third kappa shape index (κ3) is 2.04. The zero-order valence-electron chi connectivity index (χ0n) is 7.06. The van der Waals surface area contributed by atoms with Crippen LogP contribution in [0.1, 0.15) is 18.4 Å². The molecule has 1 aliphatic heterocycles. The Morgan fingerprint density at radius 3 is 2.85 bits per heavy atom. The molecule has 2 rings (SSSR count). The number of benzene rings is 1. The summed E-state index contributed by atoms with van der Waals surface area (Å²) in [5.41, 5.74) is 2.16. The molecule has 1 aromatic rings. The van der Waals surface area contributed by atoms with E-state index in [0.29, 0.717) is 5.17 Å². The van der Waals surface area contributed by atoms with Gasteiger partial charge in [0.25, 0.3) is 0 Å². The van der Waals surface area contributed by atoms with Crippen LogP contribution < -0.4 is 0 Å². The summed E-state index contributed by atoms with van der Waals surface area (Å²) >= 11 is 11.8. The quantitative estimate of drug-likeness (QED) is 0.620. The van der Waals surface area contributed by atoms with Crippen LogP contribution >= 0.6 is 23.2 Å². The van der Waals surface area contributed by atoms with E-state index in [1.807, 2.05) is 18.2 Å². The fraction of sp³-hybridized carbons (Fsp3) is 0.300. The molecule has 0 radical (unpaired) electrons. The van der Waals surface area contributed by atoms with E-state index in [1.54, 1.807) is 0 Å². The molecule has 1 aromatic carbocycles. The first-order valence-electron chi connectivity index (χ1n) is 4.27. The molecule has 1 heterocycles. The maximum Gasteiger partial charge on any atom is 0.107 e. The molecule has 68 valence electrons. The van der Waals surface area contributed by atoms with E-state index < -0.39 is 0 Å². The Balaban J connectivity index is 2.48. The van der Waals surface area contributed by atoms with Crippen LogP contribution in [0.4, 0.5) is 5.69 Å². The van der Waals surface area contributed by atoms with Crippen LogP contribution in [-0.4, -0.2) is 5.17 Å². The molecule has 0 saturated heterocycles. The number of hydrogen-bond acceptors (Lipinski definition) is 1. The summed E-state index contributed by atoms with van der Waals surface area (Å²) < 4.78 is 0. The number of fused-ring (bicyclic) bond motifs is 1. The normalized spacial score (nSPS) is 16.0. The Morgan fingerprint density at radius 1 is 1.15 bits per heavy atom. The van der Waals surface area contributed by atoms with Gasteiger partial charge in [0.15, 0.2) is 0 Å². The van der Waals surface area contributed by atoms with Crippen molar-refractivity contribution in [2.75, 3.05) is 0 Å². The first-order valence-corrected chi connectivity index (χ1v) is 5.03. The van der Waals surface area contributed by atoms with Crippen LogP contribution in [0.2, 0.25) is 5.02 Å². The smallest absolute Gasteiger partial charge is 0.107 e. The van der Waals surface area contributed by atoms with E-state index in [1.165, 1.54) is 5.56 Å². The van der Waals surface area contributed by atoms with Crippen molar-refractivity contribution in [3.05, 3.63) is 28.8 Å². The van der Waals surface area contributed by atoms with Crippen molar-refractivity contribution >= 4 is 34.1 Å². The van der Waals surface area contributed by atoms with Crippen molar-refractivity contribution in [3.63, 3.8) is 0 Å². The van der Waals surface area contributed by atoms with Crippen LogP contribution in [0.3, 0.4) is 0 Å². The zero-order valence-corrected chi connectivity index (χ0v) is 8.57. The Bertz CT molecular complexity index is 358. The summed E-state index contributed by atoms with van der Waals surface area (Å²) in [5, 5.41) is 1.47. The molecule has 1 aliphatic rings. The fourth-order valence-corrected chi connectivity index (χ4v) is 1.89. The Hall–Kier alpha value is -0.530. The van der Waals surface area contributed by atoms with E-state index in [4.69, 9.17) is 23.2 Å². The average Bonchev–Trinajstić information content (AvgIpc) is 2.25. The lowest BCUT2D eigenvalue weighted by molar-refractivity contribution is 0.883. The lowest BCUT2D eigenvalue weighted by Gasteiger charge is -2.01. The highest BCUT2D eigenvalue weighted by Crippen LogP contribution is 2.28. The molecule has 0 spiro atoms. The van der Waals surface area contributed by atoms with Crippen LogP contribution in [0.15, 0.2) is 23.2 Å². The molecule has 13 heavy (non-hydrogen) atoms. The van der Waals surface area contributed by atoms with Crippen LogP contribution in [0.25, 0.3) is 0 Å². The number of halogens is 2. The predicted octanol–water partition coefficient (Wildman–Crippen LogP) is 3.95. The van der Waals surface area contributed by atoms with Gasteiger partial charge in [0, 0.05) is 11.4 Å². The van der Waals surface area contributed by atoms with Crippen LogP contribution in [-0.2, 0) is 6.42 Å². The van der Waals surface area contributed by atoms with E-state index in [2.05, 4.69) is 4.99 Å². The van der Waals surface area contributed by atoms with Gasteiger partial charge in [-0.3, -0.25) is 0 Å². The molecule has 1 nitrogen and oxygen atoms in total.